The molecule has 146 valence electrons. The molecule has 2 aromatic carbocycles. The zero-order valence-corrected chi connectivity index (χ0v) is 16.9. The van der Waals surface area contributed by atoms with Gasteiger partial charge in [-0.3, -0.25) is 4.79 Å². The monoisotopic (exact) mass is 407 g/mol. The molecule has 29 heavy (non-hydrogen) atoms. The predicted molar refractivity (Wildman–Crippen MR) is 109 cm³/mol. The first-order chi connectivity index (χ1) is 13.7. The summed E-state index contributed by atoms with van der Waals surface area (Å²) in [5.41, 5.74) is 1.10. The third-order valence-electron chi connectivity index (χ3n) is 4.14. The topological polar surface area (TPSA) is 76.4 Å². The van der Waals surface area contributed by atoms with Crippen LogP contribution >= 0.6 is 11.6 Å². The highest BCUT2D eigenvalue weighted by Gasteiger charge is 2.36. The maximum absolute atomic E-state index is 12.6. The van der Waals surface area contributed by atoms with Crippen LogP contribution in [0.4, 0.5) is 0 Å². The minimum atomic E-state index is -0.775. The van der Waals surface area contributed by atoms with Gasteiger partial charge in [-0.2, -0.15) is 5.26 Å². The fourth-order valence-electron chi connectivity index (χ4n) is 2.53. The molecule has 0 fully saturated rings. The number of nitriles is 1. The van der Waals surface area contributed by atoms with E-state index in [1.165, 1.54) is 0 Å². The SMILES string of the molecule is CC(C)(C)C(=O)OC1=C(c2ccc(Cl)cc2)C(=O)OC1=Cc1ccc(C#N)cc1. The van der Waals surface area contributed by atoms with Gasteiger partial charge >= 0.3 is 11.9 Å². The van der Waals surface area contributed by atoms with Gasteiger partial charge in [-0.1, -0.05) is 35.9 Å². The highest BCUT2D eigenvalue weighted by atomic mass is 35.5. The quantitative estimate of drug-likeness (QED) is 0.661. The van der Waals surface area contributed by atoms with Crippen LogP contribution in [0, 0.1) is 16.7 Å². The van der Waals surface area contributed by atoms with Gasteiger partial charge in [0.15, 0.2) is 11.5 Å². The Bertz CT molecular complexity index is 1070. The Morgan fingerprint density at radius 1 is 1.10 bits per heavy atom. The molecule has 0 aliphatic carbocycles. The van der Waals surface area contributed by atoms with Crippen LogP contribution < -0.4 is 0 Å². The van der Waals surface area contributed by atoms with Gasteiger partial charge in [0, 0.05) is 5.02 Å². The number of hydrogen-bond donors (Lipinski definition) is 0. The molecule has 0 bridgehead atoms. The fraction of sp³-hybridized carbons (Fsp3) is 0.174. The fourth-order valence-corrected chi connectivity index (χ4v) is 2.65. The number of esters is 2. The van der Waals surface area contributed by atoms with E-state index >= 15 is 0 Å². The van der Waals surface area contributed by atoms with Crippen molar-refractivity contribution in [3.63, 3.8) is 0 Å². The maximum Gasteiger partial charge on any atom is 0.348 e. The number of carbonyl (C=O) groups is 2. The molecule has 1 heterocycles. The van der Waals surface area contributed by atoms with E-state index in [1.807, 2.05) is 6.07 Å². The van der Waals surface area contributed by atoms with E-state index in [-0.39, 0.29) is 17.1 Å². The predicted octanol–water partition coefficient (Wildman–Crippen LogP) is 5.11. The average molecular weight is 408 g/mol. The van der Waals surface area contributed by atoms with E-state index in [0.29, 0.717) is 21.7 Å². The van der Waals surface area contributed by atoms with Gasteiger partial charge in [0.2, 0.25) is 0 Å². The molecule has 0 spiro atoms. The summed E-state index contributed by atoms with van der Waals surface area (Å²) in [4.78, 5) is 25.1. The third kappa shape index (κ3) is 4.56. The van der Waals surface area contributed by atoms with E-state index < -0.39 is 17.4 Å². The normalized spacial score (nSPS) is 15.3. The minimum Gasteiger partial charge on any atom is -0.421 e. The van der Waals surface area contributed by atoms with Crippen LogP contribution in [0.5, 0.6) is 0 Å². The third-order valence-corrected chi connectivity index (χ3v) is 4.39. The Morgan fingerprint density at radius 2 is 1.72 bits per heavy atom. The number of hydrogen-bond acceptors (Lipinski definition) is 5. The van der Waals surface area contributed by atoms with Crippen molar-refractivity contribution in [2.75, 3.05) is 0 Å². The largest absolute Gasteiger partial charge is 0.421 e. The van der Waals surface area contributed by atoms with Crippen molar-refractivity contribution in [2.45, 2.75) is 20.8 Å². The van der Waals surface area contributed by atoms with E-state index in [1.54, 1.807) is 75.4 Å². The lowest BCUT2D eigenvalue weighted by atomic mass is 9.97. The minimum absolute atomic E-state index is 0.0570. The Hall–Kier alpha value is -3.36. The average Bonchev–Trinajstić information content (AvgIpc) is 2.97. The summed E-state index contributed by atoms with van der Waals surface area (Å²) in [6.45, 7) is 5.17. The Balaban J connectivity index is 2.10. The molecule has 0 atom stereocenters. The Labute approximate surface area is 173 Å². The van der Waals surface area contributed by atoms with Crippen molar-refractivity contribution >= 4 is 35.2 Å². The van der Waals surface area contributed by atoms with Crippen LogP contribution in [0.25, 0.3) is 11.6 Å². The number of rotatable bonds is 3. The number of benzene rings is 2. The highest BCUT2D eigenvalue weighted by molar-refractivity contribution is 6.30. The first-order valence-corrected chi connectivity index (χ1v) is 9.24. The van der Waals surface area contributed by atoms with Crippen LogP contribution in [-0.4, -0.2) is 11.9 Å². The molecular formula is C23H18ClNO4. The number of halogens is 1. The number of carbonyl (C=O) groups excluding carboxylic acids is 2. The smallest absolute Gasteiger partial charge is 0.348 e. The molecule has 3 rings (SSSR count). The van der Waals surface area contributed by atoms with Crippen LogP contribution in [0.1, 0.15) is 37.5 Å². The lowest BCUT2D eigenvalue weighted by molar-refractivity contribution is -0.148. The molecule has 6 heteroatoms. The summed E-state index contributed by atoms with van der Waals surface area (Å²) in [5.74, 6) is -0.934. The van der Waals surface area contributed by atoms with Crippen LogP contribution in [-0.2, 0) is 19.1 Å². The van der Waals surface area contributed by atoms with Gasteiger partial charge in [-0.25, -0.2) is 4.79 Å². The summed E-state index contributed by atoms with van der Waals surface area (Å²) >= 11 is 5.94. The zero-order valence-electron chi connectivity index (χ0n) is 16.2. The van der Waals surface area contributed by atoms with Crippen LogP contribution in [0.15, 0.2) is 60.0 Å². The molecule has 0 radical (unpaired) electrons. The van der Waals surface area contributed by atoms with Crippen molar-refractivity contribution in [1.82, 2.24) is 0 Å². The van der Waals surface area contributed by atoms with E-state index in [9.17, 15) is 9.59 Å². The second-order valence-corrected chi connectivity index (χ2v) is 7.92. The van der Waals surface area contributed by atoms with Crippen molar-refractivity contribution in [1.29, 1.82) is 5.26 Å². The second kappa shape index (κ2) is 7.94. The zero-order chi connectivity index (χ0) is 21.2. The maximum atomic E-state index is 12.6. The lowest BCUT2D eigenvalue weighted by Crippen LogP contribution is -2.23. The molecule has 2 aromatic rings. The van der Waals surface area contributed by atoms with Crippen molar-refractivity contribution < 1.29 is 19.1 Å². The number of cyclic esters (lactones) is 1. The van der Waals surface area contributed by atoms with Gasteiger partial charge in [-0.15, -0.1) is 0 Å². The van der Waals surface area contributed by atoms with Crippen LogP contribution in [0.3, 0.4) is 0 Å². The first-order valence-electron chi connectivity index (χ1n) is 8.86. The number of nitrogens with zero attached hydrogens (tertiary/aromatic N) is 1. The lowest BCUT2D eigenvalue weighted by Gasteiger charge is -2.17. The highest BCUT2D eigenvalue weighted by Crippen LogP contribution is 2.36. The van der Waals surface area contributed by atoms with Crippen LogP contribution in [0.2, 0.25) is 5.02 Å². The first kappa shape index (κ1) is 20.4. The Kier molecular flexibility index (Phi) is 5.58. The molecule has 1 aliphatic heterocycles. The van der Waals surface area contributed by atoms with Gasteiger partial charge in [0.1, 0.15) is 5.57 Å². The second-order valence-electron chi connectivity index (χ2n) is 7.48. The molecule has 0 N–H and O–H groups in total. The molecule has 1 aliphatic rings. The van der Waals surface area contributed by atoms with E-state index in [4.69, 9.17) is 26.3 Å². The van der Waals surface area contributed by atoms with Gasteiger partial charge < -0.3 is 9.47 Å². The molecule has 0 aromatic heterocycles. The molecule has 0 saturated carbocycles. The standard InChI is InChI=1S/C23H18ClNO4/c1-23(2,3)22(27)29-20-18(12-14-4-6-15(13-25)7-5-14)28-21(26)19(20)16-8-10-17(24)11-9-16/h4-12H,1-3H3. The summed E-state index contributed by atoms with van der Waals surface area (Å²) in [6, 6.07) is 15.4. The van der Waals surface area contributed by atoms with E-state index in [0.717, 1.165) is 0 Å². The summed E-state index contributed by atoms with van der Waals surface area (Å²) < 4.78 is 11.0. The van der Waals surface area contributed by atoms with Gasteiger partial charge in [0.05, 0.1) is 17.0 Å². The molecule has 0 saturated heterocycles. The summed E-state index contributed by atoms with van der Waals surface area (Å²) in [6.07, 6.45) is 1.59. The summed E-state index contributed by atoms with van der Waals surface area (Å²) in [5, 5.41) is 9.45. The molecule has 0 unspecified atom stereocenters. The molecule has 5 nitrogen and oxygen atoms in total. The van der Waals surface area contributed by atoms with Crippen molar-refractivity contribution in [3.05, 3.63) is 81.8 Å². The number of ether oxygens (including phenoxy) is 2. The van der Waals surface area contributed by atoms with Gasteiger partial charge in [-0.05, 0) is 62.2 Å². The molecular weight excluding hydrogens is 390 g/mol. The molecule has 0 amide bonds. The Morgan fingerprint density at radius 3 is 2.28 bits per heavy atom. The summed E-state index contributed by atoms with van der Waals surface area (Å²) in [7, 11) is 0. The van der Waals surface area contributed by atoms with E-state index in [2.05, 4.69) is 0 Å². The van der Waals surface area contributed by atoms with Crippen molar-refractivity contribution in [3.8, 4) is 6.07 Å². The van der Waals surface area contributed by atoms with Gasteiger partial charge in [0.25, 0.3) is 0 Å². The van der Waals surface area contributed by atoms with Crippen molar-refractivity contribution in [2.24, 2.45) is 5.41 Å².